The van der Waals surface area contributed by atoms with Gasteiger partial charge in [-0.3, -0.25) is 9.59 Å². The number of rotatable bonds is 6. The average molecular weight is 344 g/mol. The number of sulfone groups is 1. The molecular weight excluding hydrogens is 316 g/mol. The van der Waals surface area contributed by atoms with Gasteiger partial charge >= 0.3 is 0 Å². The molecule has 1 saturated heterocycles. The van der Waals surface area contributed by atoms with Crippen molar-refractivity contribution in [3.63, 3.8) is 0 Å². The van der Waals surface area contributed by atoms with Gasteiger partial charge in [-0.1, -0.05) is 19.3 Å². The highest BCUT2D eigenvalue weighted by Gasteiger charge is 2.28. The van der Waals surface area contributed by atoms with E-state index < -0.39 is 15.9 Å². The van der Waals surface area contributed by atoms with Gasteiger partial charge in [-0.15, -0.1) is 0 Å². The van der Waals surface area contributed by atoms with Crippen molar-refractivity contribution in [1.82, 2.24) is 10.6 Å². The fourth-order valence-electron chi connectivity index (χ4n) is 3.45. The molecule has 1 heterocycles. The summed E-state index contributed by atoms with van der Waals surface area (Å²) in [5.74, 6) is 0.489. The van der Waals surface area contributed by atoms with Gasteiger partial charge < -0.3 is 10.6 Å². The second-order valence-corrected chi connectivity index (χ2v) is 9.24. The molecule has 7 heteroatoms. The maximum Gasteiger partial charge on any atom is 0.242 e. The minimum Gasteiger partial charge on any atom is -0.354 e. The van der Waals surface area contributed by atoms with Crippen LogP contribution in [-0.2, 0) is 19.4 Å². The lowest BCUT2D eigenvalue weighted by Crippen LogP contribution is -2.46. The molecule has 2 rings (SSSR count). The molecule has 0 unspecified atom stereocenters. The highest BCUT2D eigenvalue weighted by Crippen LogP contribution is 2.26. The molecule has 2 N–H and O–H groups in total. The molecule has 2 amide bonds. The number of hydrogen-bond acceptors (Lipinski definition) is 4. The molecule has 0 bridgehead atoms. The highest BCUT2D eigenvalue weighted by atomic mass is 32.2. The van der Waals surface area contributed by atoms with E-state index in [1.807, 2.05) is 0 Å². The molecule has 2 fully saturated rings. The molecule has 6 nitrogen and oxygen atoms in total. The Morgan fingerprint density at radius 3 is 2.39 bits per heavy atom. The Bertz CT molecular complexity index is 526. The summed E-state index contributed by atoms with van der Waals surface area (Å²) in [6.07, 6.45) is 6.95. The molecule has 0 spiro atoms. The second kappa shape index (κ2) is 8.13. The topological polar surface area (TPSA) is 92.3 Å². The SMILES string of the molecule is C[C@H](NC(=O)CC1CCCCC1)C(=O)NC[C@H]1CCS(=O)(=O)C1. The lowest BCUT2D eigenvalue weighted by molar-refractivity contribution is -0.129. The van der Waals surface area contributed by atoms with Gasteiger partial charge in [0.05, 0.1) is 11.5 Å². The first kappa shape index (κ1) is 18.2. The van der Waals surface area contributed by atoms with Gasteiger partial charge in [0.1, 0.15) is 6.04 Å². The van der Waals surface area contributed by atoms with E-state index in [-0.39, 0.29) is 29.2 Å². The fraction of sp³-hybridized carbons (Fsp3) is 0.875. The normalized spacial score (nSPS) is 25.7. The largest absolute Gasteiger partial charge is 0.354 e. The standard InChI is InChI=1S/C16H28N2O4S/c1-12(18-15(19)9-13-5-3-2-4-6-13)16(20)17-10-14-7-8-23(21,22)11-14/h12-14H,2-11H2,1H3,(H,17,20)(H,18,19)/t12-,14+/m0/s1. The van der Waals surface area contributed by atoms with Crippen LogP contribution in [0.15, 0.2) is 0 Å². The summed E-state index contributed by atoms with van der Waals surface area (Å²) >= 11 is 0. The van der Waals surface area contributed by atoms with E-state index in [9.17, 15) is 18.0 Å². The molecule has 132 valence electrons. The van der Waals surface area contributed by atoms with Crippen LogP contribution in [-0.4, -0.2) is 44.3 Å². The first-order valence-corrected chi connectivity index (χ1v) is 10.5. The molecule has 0 radical (unpaired) electrons. The summed E-state index contributed by atoms with van der Waals surface area (Å²) in [4.78, 5) is 24.0. The van der Waals surface area contributed by atoms with Crippen LogP contribution in [0.1, 0.15) is 51.9 Å². The zero-order valence-electron chi connectivity index (χ0n) is 13.8. The van der Waals surface area contributed by atoms with Crippen molar-refractivity contribution in [2.45, 2.75) is 57.9 Å². The molecule has 1 saturated carbocycles. The predicted molar refractivity (Wildman–Crippen MR) is 88.6 cm³/mol. The van der Waals surface area contributed by atoms with Gasteiger partial charge in [0.2, 0.25) is 11.8 Å². The number of amides is 2. The van der Waals surface area contributed by atoms with Crippen molar-refractivity contribution in [2.24, 2.45) is 11.8 Å². The van der Waals surface area contributed by atoms with Crippen molar-refractivity contribution < 1.29 is 18.0 Å². The van der Waals surface area contributed by atoms with Gasteiger partial charge in [-0.2, -0.15) is 0 Å². The lowest BCUT2D eigenvalue weighted by atomic mass is 9.87. The Balaban J connectivity index is 1.66. The van der Waals surface area contributed by atoms with E-state index in [0.29, 0.717) is 25.3 Å². The quantitative estimate of drug-likeness (QED) is 0.752. The van der Waals surface area contributed by atoms with Crippen LogP contribution >= 0.6 is 0 Å². The van der Waals surface area contributed by atoms with Gasteiger partial charge in [-0.05, 0) is 38.0 Å². The molecular formula is C16H28N2O4S. The van der Waals surface area contributed by atoms with E-state index in [4.69, 9.17) is 0 Å². The van der Waals surface area contributed by atoms with Crippen molar-refractivity contribution in [2.75, 3.05) is 18.1 Å². The average Bonchev–Trinajstić information content (AvgIpc) is 2.85. The monoisotopic (exact) mass is 344 g/mol. The molecule has 23 heavy (non-hydrogen) atoms. The highest BCUT2D eigenvalue weighted by molar-refractivity contribution is 7.91. The Morgan fingerprint density at radius 1 is 1.09 bits per heavy atom. The predicted octanol–water partition coefficient (Wildman–Crippen LogP) is 1.01. The lowest BCUT2D eigenvalue weighted by Gasteiger charge is -2.22. The molecule has 1 aliphatic carbocycles. The third kappa shape index (κ3) is 6.12. The number of carbonyl (C=O) groups is 2. The Labute approximate surface area is 138 Å². The van der Waals surface area contributed by atoms with Crippen LogP contribution in [0.2, 0.25) is 0 Å². The molecule has 0 aromatic rings. The maximum atomic E-state index is 12.0. The van der Waals surface area contributed by atoms with Crippen molar-refractivity contribution in [3.05, 3.63) is 0 Å². The van der Waals surface area contributed by atoms with Crippen molar-refractivity contribution in [1.29, 1.82) is 0 Å². The minimum absolute atomic E-state index is 0.00547. The first-order valence-electron chi connectivity index (χ1n) is 8.63. The molecule has 2 aliphatic rings. The molecule has 2 atom stereocenters. The summed E-state index contributed by atoms with van der Waals surface area (Å²) in [7, 11) is -2.92. The number of hydrogen-bond donors (Lipinski definition) is 2. The van der Waals surface area contributed by atoms with Crippen LogP contribution in [0.25, 0.3) is 0 Å². The third-order valence-corrected chi connectivity index (χ3v) is 6.70. The fourth-order valence-corrected chi connectivity index (χ4v) is 5.31. The minimum atomic E-state index is -2.92. The van der Waals surface area contributed by atoms with E-state index in [2.05, 4.69) is 10.6 Å². The number of carbonyl (C=O) groups excluding carboxylic acids is 2. The van der Waals surface area contributed by atoms with E-state index in [1.54, 1.807) is 6.92 Å². The van der Waals surface area contributed by atoms with Gasteiger partial charge in [0, 0.05) is 13.0 Å². The number of nitrogens with one attached hydrogen (secondary N) is 2. The third-order valence-electron chi connectivity index (χ3n) is 4.86. The summed E-state index contributed by atoms with van der Waals surface area (Å²) < 4.78 is 22.8. The van der Waals surface area contributed by atoms with Crippen molar-refractivity contribution in [3.8, 4) is 0 Å². The smallest absolute Gasteiger partial charge is 0.242 e. The summed E-state index contributed by atoms with van der Waals surface area (Å²) in [6, 6.07) is -0.580. The summed E-state index contributed by atoms with van der Waals surface area (Å²) in [5.41, 5.74) is 0. The van der Waals surface area contributed by atoms with E-state index in [1.165, 1.54) is 19.3 Å². The zero-order valence-corrected chi connectivity index (χ0v) is 14.7. The van der Waals surface area contributed by atoms with Crippen LogP contribution in [0.5, 0.6) is 0 Å². The molecule has 0 aromatic carbocycles. The summed E-state index contributed by atoms with van der Waals surface area (Å²) in [6.45, 7) is 2.03. The zero-order chi connectivity index (χ0) is 16.9. The Morgan fingerprint density at radius 2 is 1.78 bits per heavy atom. The van der Waals surface area contributed by atoms with Crippen LogP contribution in [0.4, 0.5) is 0 Å². The van der Waals surface area contributed by atoms with Gasteiger partial charge in [0.25, 0.3) is 0 Å². The maximum absolute atomic E-state index is 12.0. The summed E-state index contributed by atoms with van der Waals surface area (Å²) in [5, 5.41) is 5.50. The van der Waals surface area contributed by atoms with Gasteiger partial charge in [-0.25, -0.2) is 8.42 Å². The van der Waals surface area contributed by atoms with Crippen LogP contribution in [0, 0.1) is 11.8 Å². The van der Waals surface area contributed by atoms with E-state index >= 15 is 0 Å². The van der Waals surface area contributed by atoms with Crippen molar-refractivity contribution >= 4 is 21.7 Å². The first-order chi connectivity index (χ1) is 10.9. The second-order valence-electron chi connectivity index (χ2n) is 7.01. The molecule has 1 aliphatic heterocycles. The Kier molecular flexibility index (Phi) is 6.44. The molecule has 0 aromatic heterocycles. The van der Waals surface area contributed by atoms with Crippen LogP contribution < -0.4 is 10.6 Å². The van der Waals surface area contributed by atoms with Crippen LogP contribution in [0.3, 0.4) is 0 Å². The Hall–Kier alpha value is -1.11. The van der Waals surface area contributed by atoms with Gasteiger partial charge in [0.15, 0.2) is 9.84 Å². The van der Waals surface area contributed by atoms with E-state index in [0.717, 1.165) is 12.8 Å².